The van der Waals surface area contributed by atoms with Crippen LogP contribution in [0, 0.1) is 11.3 Å². The predicted molar refractivity (Wildman–Crippen MR) is 46.5 cm³/mol. The number of hydrogen-bond acceptors (Lipinski definition) is 2. The van der Waals surface area contributed by atoms with Crippen LogP contribution < -0.4 is 0 Å². The summed E-state index contributed by atoms with van der Waals surface area (Å²) in [4.78, 5) is 0. The van der Waals surface area contributed by atoms with Crippen LogP contribution in [0.2, 0.25) is 0 Å². The molecule has 0 unspecified atom stereocenters. The highest BCUT2D eigenvalue weighted by Crippen LogP contribution is 2.05. The number of aliphatic hydroxyl groups is 1. The van der Waals surface area contributed by atoms with Gasteiger partial charge in [-0.1, -0.05) is 30.3 Å². The summed E-state index contributed by atoms with van der Waals surface area (Å²) in [7, 11) is 0. The minimum absolute atomic E-state index is 0.376. The second-order valence-corrected chi connectivity index (χ2v) is 2.43. The Hall–Kier alpha value is -1.75. The van der Waals surface area contributed by atoms with Gasteiger partial charge in [0.25, 0.3) is 0 Å². The summed E-state index contributed by atoms with van der Waals surface area (Å²) in [6.45, 7) is 0. The summed E-state index contributed by atoms with van der Waals surface area (Å²) in [5, 5.41) is 17.1. The lowest BCUT2D eigenvalue weighted by molar-refractivity contribution is 0.468. The van der Waals surface area contributed by atoms with Crippen molar-refractivity contribution < 1.29 is 5.11 Å². The predicted octanol–water partition coefficient (Wildman–Crippen LogP) is 2.19. The molecule has 0 fully saturated rings. The molecule has 0 atom stereocenters. The zero-order chi connectivity index (χ0) is 8.81. The molecule has 1 N–H and O–H groups in total. The van der Waals surface area contributed by atoms with Gasteiger partial charge >= 0.3 is 0 Å². The summed E-state index contributed by atoms with van der Waals surface area (Å²) < 4.78 is 0. The van der Waals surface area contributed by atoms with E-state index in [-0.39, 0.29) is 0 Å². The zero-order valence-electron chi connectivity index (χ0n) is 6.57. The van der Waals surface area contributed by atoms with E-state index in [1.54, 1.807) is 0 Å². The molecule has 60 valence electrons. The molecule has 0 radical (unpaired) electrons. The van der Waals surface area contributed by atoms with Crippen molar-refractivity contribution in [2.75, 3.05) is 0 Å². The van der Waals surface area contributed by atoms with Crippen molar-refractivity contribution in [3.63, 3.8) is 0 Å². The second kappa shape index (κ2) is 4.20. The first-order valence-corrected chi connectivity index (χ1v) is 3.64. The van der Waals surface area contributed by atoms with Gasteiger partial charge in [0, 0.05) is 6.42 Å². The maximum absolute atomic E-state index is 8.60. The third-order valence-electron chi connectivity index (χ3n) is 1.54. The fraction of sp³-hybridized carbons (Fsp3) is 0.100. The normalized spacial score (nSPS) is 10.8. The van der Waals surface area contributed by atoms with Gasteiger partial charge in [0.1, 0.15) is 0 Å². The van der Waals surface area contributed by atoms with Crippen LogP contribution in [-0.4, -0.2) is 5.11 Å². The number of hydrogen-bond donors (Lipinski definition) is 1. The molecule has 1 aromatic rings. The van der Waals surface area contributed by atoms with Gasteiger partial charge in [0.15, 0.2) is 0 Å². The molecule has 0 spiro atoms. The SMILES string of the molecule is N#CC(=CO)Cc1ccccc1. The lowest BCUT2D eigenvalue weighted by atomic mass is 10.1. The van der Waals surface area contributed by atoms with Crippen molar-refractivity contribution >= 4 is 0 Å². The van der Waals surface area contributed by atoms with Crippen LogP contribution in [0.15, 0.2) is 42.2 Å². The van der Waals surface area contributed by atoms with E-state index in [4.69, 9.17) is 10.4 Å². The van der Waals surface area contributed by atoms with E-state index < -0.39 is 0 Å². The molecule has 1 rings (SSSR count). The maximum atomic E-state index is 8.60. The maximum Gasteiger partial charge on any atom is 0.0982 e. The summed E-state index contributed by atoms with van der Waals surface area (Å²) in [5.41, 5.74) is 1.40. The quantitative estimate of drug-likeness (QED) is 0.531. The van der Waals surface area contributed by atoms with Crippen molar-refractivity contribution in [2.45, 2.75) is 6.42 Å². The third-order valence-corrected chi connectivity index (χ3v) is 1.54. The molecule has 2 heteroatoms. The first-order valence-electron chi connectivity index (χ1n) is 3.64. The highest BCUT2D eigenvalue weighted by atomic mass is 16.2. The molecular formula is C10H9NO. The minimum atomic E-state index is 0.376. The Balaban J connectivity index is 2.72. The molecule has 0 aliphatic rings. The van der Waals surface area contributed by atoms with Gasteiger partial charge in [-0.05, 0) is 5.56 Å². The van der Waals surface area contributed by atoms with Gasteiger partial charge in [-0.2, -0.15) is 5.26 Å². The highest BCUT2D eigenvalue weighted by Gasteiger charge is 1.96. The summed E-state index contributed by atoms with van der Waals surface area (Å²) in [5.74, 6) is 0. The molecule has 0 amide bonds. The van der Waals surface area contributed by atoms with Crippen LogP contribution in [0.3, 0.4) is 0 Å². The average Bonchev–Trinajstić information content (AvgIpc) is 2.16. The van der Waals surface area contributed by atoms with E-state index in [0.717, 1.165) is 11.8 Å². The largest absolute Gasteiger partial charge is 0.515 e. The Morgan fingerprint density at radius 1 is 1.42 bits per heavy atom. The van der Waals surface area contributed by atoms with Crippen LogP contribution in [-0.2, 0) is 6.42 Å². The molecule has 0 heterocycles. The number of benzene rings is 1. The molecule has 1 aromatic carbocycles. The van der Waals surface area contributed by atoms with E-state index in [9.17, 15) is 0 Å². The average molecular weight is 159 g/mol. The topological polar surface area (TPSA) is 44.0 Å². The van der Waals surface area contributed by atoms with E-state index >= 15 is 0 Å². The van der Waals surface area contributed by atoms with E-state index in [1.165, 1.54) is 0 Å². The van der Waals surface area contributed by atoms with Crippen LogP contribution in [0.1, 0.15) is 5.56 Å². The van der Waals surface area contributed by atoms with Gasteiger partial charge < -0.3 is 5.11 Å². The van der Waals surface area contributed by atoms with Gasteiger partial charge in [0.05, 0.1) is 17.9 Å². The number of allylic oxidation sites excluding steroid dienone is 1. The molecule has 0 aromatic heterocycles. The van der Waals surface area contributed by atoms with E-state index in [1.807, 2.05) is 36.4 Å². The van der Waals surface area contributed by atoms with Crippen molar-refractivity contribution in [2.24, 2.45) is 0 Å². The summed E-state index contributed by atoms with van der Waals surface area (Å²) in [6, 6.07) is 11.5. The molecule has 0 aliphatic carbocycles. The highest BCUT2D eigenvalue weighted by molar-refractivity contribution is 5.28. The van der Waals surface area contributed by atoms with E-state index in [0.29, 0.717) is 12.0 Å². The van der Waals surface area contributed by atoms with Crippen molar-refractivity contribution in [3.05, 3.63) is 47.7 Å². The Bertz CT molecular complexity index is 308. The standard InChI is InChI=1S/C10H9NO/c11-7-10(8-12)6-9-4-2-1-3-5-9/h1-5,8,12H,6H2. The molecule has 0 saturated heterocycles. The number of rotatable bonds is 2. The van der Waals surface area contributed by atoms with Crippen LogP contribution in [0.25, 0.3) is 0 Å². The monoisotopic (exact) mass is 159 g/mol. The molecule has 0 aliphatic heterocycles. The summed E-state index contributed by atoms with van der Waals surface area (Å²) >= 11 is 0. The lowest BCUT2D eigenvalue weighted by Crippen LogP contribution is -1.87. The smallest absolute Gasteiger partial charge is 0.0982 e. The molecular weight excluding hydrogens is 150 g/mol. The van der Waals surface area contributed by atoms with Gasteiger partial charge in [-0.15, -0.1) is 0 Å². The fourth-order valence-corrected chi connectivity index (χ4v) is 0.930. The van der Waals surface area contributed by atoms with Gasteiger partial charge in [0.2, 0.25) is 0 Å². The van der Waals surface area contributed by atoms with Crippen LogP contribution in [0.4, 0.5) is 0 Å². The van der Waals surface area contributed by atoms with E-state index in [2.05, 4.69) is 0 Å². The molecule has 0 saturated carbocycles. The van der Waals surface area contributed by atoms with Crippen LogP contribution >= 0.6 is 0 Å². The number of nitrogens with zero attached hydrogens (tertiary/aromatic N) is 1. The lowest BCUT2D eigenvalue weighted by Gasteiger charge is -1.96. The Labute approximate surface area is 71.4 Å². The Morgan fingerprint density at radius 2 is 2.08 bits per heavy atom. The first-order chi connectivity index (χ1) is 5.86. The van der Waals surface area contributed by atoms with Gasteiger partial charge in [-0.25, -0.2) is 0 Å². The van der Waals surface area contributed by atoms with Crippen molar-refractivity contribution in [3.8, 4) is 6.07 Å². The second-order valence-electron chi connectivity index (χ2n) is 2.43. The Kier molecular flexibility index (Phi) is 2.92. The zero-order valence-corrected chi connectivity index (χ0v) is 6.57. The minimum Gasteiger partial charge on any atom is -0.515 e. The number of nitriles is 1. The molecule has 0 bridgehead atoms. The molecule has 12 heavy (non-hydrogen) atoms. The summed E-state index contributed by atoms with van der Waals surface area (Å²) in [6.07, 6.45) is 1.35. The fourth-order valence-electron chi connectivity index (χ4n) is 0.930. The number of aliphatic hydroxyl groups excluding tert-OH is 1. The van der Waals surface area contributed by atoms with Crippen molar-refractivity contribution in [1.82, 2.24) is 0 Å². The Morgan fingerprint density at radius 3 is 2.58 bits per heavy atom. The first kappa shape index (κ1) is 8.35. The van der Waals surface area contributed by atoms with Gasteiger partial charge in [-0.3, -0.25) is 0 Å². The van der Waals surface area contributed by atoms with Crippen molar-refractivity contribution in [1.29, 1.82) is 5.26 Å². The third kappa shape index (κ3) is 2.14. The molecule has 2 nitrogen and oxygen atoms in total. The van der Waals surface area contributed by atoms with Crippen LogP contribution in [0.5, 0.6) is 0 Å².